The van der Waals surface area contributed by atoms with Crippen LogP contribution < -0.4 is 10.6 Å². The van der Waals surface area contributed by atoms with Gasteiger partial charge in [0.15, 0.2) is 15.7 Å². The predicted molar refractivity (Wildman–Crippen MR) is 94.8 cm³/mol. The molecule has 1 saturated carbocycles. The topological polar surface area (TPSA) is 84.0 Å². The van der Waals surface area contributed by atoms with Crippen molar-refractivity contribution in [3.63, 3.8) is 0 Å². The van der Waals surface area contributed by atoms with Crippen LogP contribution in [0.1, 0.15) is 19.3 Å². The number of hydrogen-bond donors (Lipinski definition) is 2. The second-order valence-corrected chi connectivity index (χ2v) is 8.72. The second-order valence-electron chi connectivity index (χ2n) is 6.49. The van der Waals surface area contributed by atoms with E-state index in [0.29, 0.717) is 24.1 Å². The zero-order chi connectivity index (χ0) is 16.6. The fraction of sp³-hybridized carbons (Fsp3) is 0.412. The van der Waals surface area contributed by atoms with Gasteiger partial charge >= 0.3 is 0 Å². The molecule has 2 fully saturated rings. The highest BCUT2D eigenvalue weighted by Crippen LogP contribution is 2.27. The predicted octanol–water partition coefficient (Wildman–Crippen LogP) is 2.32. The van der Waals surface area contributed by atoms with Crippen LogP contribution in [0.25, 0.3) is 11.4 Å². The van der Waals surface area contributed by atoms with Crippen molar-refractivity contribution in [2.75, 3.05) is 22.1 Å². The first kappa shape index (κ1) is 15.4. The van der Waals surface area contributed by atoms with Crippen LogP contribution in [-0.4, -0.2) is 42.0 Å². The Morgan fingerprint density at radius 3 is 2.17 bits per heavy atom. The summed E-state index contributed by atoms with van der Waals surface area (Å²) in [4.78, 5) is 9.19. The highest BCUT2D eigenvalue weighted by Gasteiger charge is 2.28. The first-order valence-electron chi connectivity index (χ1n) is 8.25. The number of benzene rings is 1. The molecule has 0 amide bonds. The molecule has 1 saturated heterocycles. The van der Waals surface area contributed by atoms with E-state index in [1.807, 2.05) is 36.4 Å². The van der Waals surface area contributed by atoms with Gasteiger partial charge in [0, 0.05) is 23.7 Å². The van der Waals surface area contributed by atoms with Crippen molar-refractivity contribution in [3.8, 4) is 11.4 Å². The van der Waals surface area contributed by atoms with Crippen molar-refractivity contribution < 1.29 is 8.42 Å². The fourth-order valence-electron chi connectivity index (χ4n) is 2.87. The minimum absolute atomic E-state index is 0.0812. The zero-order valence-corrected chi connectivity index (χ0v) is 14.1. The minimum atomic E-state index is -2.92. The number of anilines is 2. The molecule has 6 nitrogen and oxygen atoms in total. The Hall–Kier alpha value is -2.15. The highest BCUT2D eigenvalue weighted by molar-refractivity contribution is 7.91. The number of nitrogens with zero attached hydrogens (tertiary/aromatic N) is 2. The lowest BCUT2D eigenvalue weighted by Crippen LogP contribution is -2.21. The summed E-state index contributed by atoms with van der Waals surface area (Å²) in [6, 6.07) is 12.1. The molecule has 4 rings (SSSR count). The minimum Gasteiger partial charge on any atom is -0.367 e. The summed E-state index contributed by atoms with van der Waals surface area (Å²) in [6.07, 6.45) is 2.95. The molecule has 126 valence electrons. The maximum Gasteiger partial charge on any atom is 0.163 e. The van der Waals surface area contributed by atoms with E-state index in [9.17, 15) is 8.42 Å². The lowest BCUT2D eigenvalue weighted by Gasteiger charge is -2.14. The van der Waals surface area contributed by atoms with E-state index in [2.05, 4.69) is 20.6 Å². The normalized spacial score (nSPS) is 22.2. The molecule has 2 aliphatic rings. The van der Waals surface area contributed by atoms with Gasteiger partial charge in [0.05, 0.1) is 11.5 Å². The van der Waals surface area contributed by atoms with E-state index in [1.165, 1.54) is 0 Å². The first-order valence-corrected chi connectivity index (χ1v) is 10.1. The molecule has 1 aliphatic carbocycles. The van der Waals surface area contributed by atoms with Gasteiger partial charge < -0.3 is 10.6 Å². The van der Waals surface area contributed by atoms with Crippen LogP contribution >= 0.6 is 0 Å². The third-order valence-electron chi connectivity index (χ3n) is 4.27. The van der Waals surface area contributed by atoms with Gasteiger partial charge in [0.2, 0.25) is 0 Å². The molecular formula is C17H20N4O2S. The van der Waals surface area contributed by atoms with Crippen molar-refractivity contribution >= 4 is 21.5 Å². The van der Waals surface area contributed by atoms with E-state index < -0.39 is 9.84 Å². The van der Waals surface area contributed by atoms with Crippen LogP contribution in [0, 0.1) is 0 Å². The molecule has 2 heterocycles. The Labute approximate surface area is 141 Å². The maximum atomic E-state index is 11.7. The molecule has 7 heteroatoms. The molecule has 1 aromatic heterocycles. The second kappa shape index (κ2) is 6.05. The quantitative estimate of drug-likeness (QED) is 0.866. The zero-order valence-electron chi connectivity index (χ0n) is 13.3. The number of hydrogen-bond acceptors (Lipinski definition) is 6. The Kier molecular flexibility index (Phi) is 3.88. The van der Waals surface area contributed by atoms with Crippen molar-refractivity contribution in [2.45, 2.75) is 31.3 Å². The van der Waals surface area contributed by atoms with E-state index in [1.54, 1.807) is 0 Å². The maximum absolute atomic E-state index is 11.7. The number of rotatable bonds is 5. The van der Waals surface area contributed by atoms with Gasteiger partial charge in [-0.1, -0.05) is 30.3 Å². The Balaban J connectivity index is 1.62. The van der Waals surface area contributed by atoms with E-state index >= 15 is 0 Å². The third-order valence-corrected chi connectivity index (χ3v) is 6.04. The Bertz CT molecular complexity index is 835. The molecule has 1 aromatic carbocycles. The number of nitrogens with one attached hydrogen (secondary N) is 2. The van der Waals surface area contributed by atoms with Gasteiger partial charge in [-0.25, -0.2) is 18.4 Å². The van der Waals surface area contributed by atoms with Crippen LogP contribution in [0.3, 0.4) is 0 Å². The molecule has 0 bridgehead atoms. The highest BCUT2D eigenvalue weighted by atomic mass is 32.2. The van der Waals surface area contributed by atoms with Gasteiger partial charge in [-0.2, -0.15) is 0 Å². The average Bonchev–Trinajstić information content (AvgIpc) is 3.30. The van der Waals surface area contributed by atoms with E-state index in [0.717, 1.165) is 24.2 Å². The van der Waals surface area contributed by atoms with Crippen LogP contribution in [0.5, 0.6) is 0 Å². The first-order chi connectivity index (χ1) is 11.6. The van der Waals surface area contributed by atoms with E-state index in [-0.39, 0.29) is 17.5 Å². The van der Waals surface area contributed by atoms with Crippen molar-refractivity contribution in [3.05, 3.63) is 36.4 Å². The summed E-state index contributed by atoms with van der Waals surface area (Å²) >= 11 is 0. The summed E-state index contributed by atoms with van der Waals surface area (Å²) in [5.41, 5.74) is 0.944. The molecule has 1 unspecified atom stereocenters. The summed E-state index contributed by atoms with van der Waals surface area (Å²) in [7, 11) is -2.92. The monoisotopic (exact) mass is 344 g/mol. The lowest BCUT2D eigenvalue weighted by atomic mass is 10.2. The Morgan fingerprint density at radius 2 is 1.58 bits per heavy atom. The molecule has 1 aliphatic heterocycles. The van der Waals surface area contributed by atoms with Crippen molar-refractivity contribution in [2.24, 2.45) is 0 Å². The fourth-order valence-corrected chi connectivity index (χ4v) is 4.54. The van der Waals surface area contributed by atoms with Crippen molar-refractivity contribution in [1.82, 2.24) is 9.97 Å². The summed E-state index contributed by atoms with van der Waals surface area (Å²) in [5.74, 6) is 2.52. The average molecular weight is 344 g/mol. The summed E-state index contributed by atoms with van der Waals surface area (Å²) < 4.78 is 23.3. The molecule has 1 atom stereocenters. The SMILES string of the molecule is O=S1(=O)CCC(Nc2cc(NC3CC3)nc(-c3ccccc3)n2)C1. The smallest absolute Gasteiger partial charge is 0.163 e. The van der Waals surface area contributed by atoms with E-state index in [4.69, 9.17) is 0 Å². The Morgan fingerprint density at radius 1 is 0.917 bits per heavy atom. The van der Waals surface area contributed by atoms with Gasteiger partial charge in [-0.15, -0.1) is 0 Å². The van der Waals surface area contributed by atoms with Gasteiger partial charge in [0.25, 0.3) is 0 Å². The van der Waals surface area contributed by atoms with Crippen LogP contribution in [-0.2, 0) is 9.84 Å². The van der Waals surface area contributed by atoms with Crippen molar-refractivity contribution in [1.29, 1.82) is 0 Å². The molecule has 24 heavy (non-hydrogen) atoms. The van der Waals surface area contributed by atoms with Crippen LogP contribution in [0.2, 0.25) is 0 Å². The summed E-state index contributed by atoms with van der Waals surface area (Å²) in [5, 5.41) is 6.67. The molecule has 2 N–H and O–H groups in total. The number of aromatic nitrogens is 2. The lowest BCUT2D eigenvalue weighted by molar-refractivity contribution is 0.602. The van der Waals surface area contributed by atoms with Crippen LogP contribution in [0.15, 0.2) is 36.4 Å². The number of sulfone groups is 1. The molecule has 0 spiro atoms. The third kappa shape index (κ3) is 3.67. The molecule has 0 radical (unpaired) electrons. The summed E-state index contributed by atoms with van der Waals surface area (Å²) in [6.45, 7) is 0. The molecule has 2 aromatic rings. The van der Waals surface area contributed by atoms with Crippen LogP contribution in [0.4, 0.5) is 11.6 Å². The van der Waals surface area contributed by atoms with Gasteiger partial charge in [-0.05, 0) is 19.3 Å². The largest absolute Gasteiger partial charge is 0.367 e. The molecular weight excluding hydrogens is 324 g/mol. The van der Waals surface area contributed by atoms with Gasteiger partial charge in [0.1, 0.15) is 11.6 Å². The standard InChI is InChI=1S/C17H20N4O2S/c22-24(23)9-8-14(11-24)19-16-10-15(18-13-6-7-13)20-17(21-16)12-4-2-1-3-5-12/h1-5,10,13-14H,6-9,11H2,(H2,18,19,20,21). The van der Waals surface area contributed by atoms with Gasteiger partial charge in [-0.3, -0.25) is 0 Å².